The second kappa shape index (κ2) is 13.3. The van der Waals surface area contributed by atoms with E-state index in [-0.39, 0.29) is 77.2 Å². The lowest BCUT2D eigenvalue weighted by molar-refractivity contribution is -0.143. The summed E-state index contributed by atoms with van der Waals surface area (Å²) in [6.45, 7) is 6.50. The molecule has 2 aromatic rings. The van der Waals surface area contributed by atoms with Crippen LogP contribution in [0.3, 0.4) is 0 Å². The fourth-order valence-corrected chi connectivity index (χ4v) is 5.04. The van der Waals surface area contributed by atoms with Gasteiger partial charge in [-0.15, -0.1) is 17.0 Å². The number of benzene rings is 2. The van der Waals surface area contributed by atoms with Crippen molar-refractivity contribution in [2.45, 2.75) is 46.3 Å². The van der Waals surface area contributed by atoms with Crippen molar-refractivity contribution in [1.29, 1.82) is 5.41 Å². The number of ether oxygens (including phenoxy) is 3. The van der Waals surface area contributed by atoms with Gasteiger partial charge in [-0.05, 0) is 56.0 Å². The van der Waals surface area contributed by atoms with Crippen LogP contribution in [0, 0.1) is 11.2 Å². The Morgan fingerprint density at radius 2 is 1.88 bits per heavy atom. The van der Waals surface area contributed by atoms with Gasteiger partial charge in [0.05, 0.1) is 37.1 Å². The predicted octanol–water partition coefficient (Wildman–Crippen LogP) is 4.17. The van der Waals surface area contributed by atoms with Crippen molar-refractivity contribution in [3.05, 3.63) is 46.3 Å². The number of nitrogens with one attached hydrogen (secondary N) is 1. The molecule has 10 nitrogen and oxygen atoms in total. The molecule has 1 fully saturated rings. The number of fused-ring (bicyclic) bond motifs is 1. The van der Waals surface area contributed by atoms with E-state index in [0.29, 0.717) is 54.9 Å². The van der Waals surface area contributed by atoms with Gasteiger partial charge in [-0.3, -0.25) is 10.2 Å². The Balaban J connectivity index is 0.00000441. The fourth-order valence-electron chi connectivity index (χ4n) is 5.04. The van der Waals surface area contributed by atoms with Gasteiger partial charge < -0.3 is 34.2 Å². The Hall–Kier alpha value is -3.38. The van der Waals surface area contributed by atoms with E-state index in [1.54, 1.807) is 32.0 Å². The van der Waals surface area contributed by atoms with E-state index in [4.69, 9.17) is 24.7 Å². The molecule has 0 aromatic heterocycles. The molecule has 0 bridgehead atoms. The zero-order valence-corrected chi connectivity index (χ0v) is 24.5. The van der Waals surface area contributed by atoms with Crippen molar-refractivity contribution in [2.24, 2.45) is 0 Å². The summed E-state index contributed by atoms with van der Waals surface area (Å²) < 4.78 is 31.8. The van der Waals surface area contributed by atoms with Crippen molar-refractivity contribution >= 4 is 40.3 Å². The third-order valence-corrected chi connectivity index (χ3v) is 6.91. The lowest BCUT2D eigenvalue weighted by atomic mass is 10.0. The molecule has 12 heteroatoms. The van der Waals surface area contributed by atoms with E-state index in [2.05, 4.69) is 0 Å². The largest absolute Gasteiger partial charge is 0.505 e. The Morgan fingerprint density at radius 1 is 1.15 bits per heavy atom. The van der Waals surface area contributed by atoms with Crippen LogP contribution in [0.25, 0.3) is 0 Å². The summed E-state index contributed by atoms with van der Waals surface area (Å²) in [7, 11) is 0. The second-order valence-corrected chi connectivity index (χ2v) is 9.46. The Bertz CT molecular complexity index is 1290. The Morgan fingerprint density at radius 3 is 2.52 bits per heavy atom. The van der Waals surface area contributed by atoms with Crippen LogP contribution < -0.4 is 14.4 Å². The summed E-state index contributed by atoms with van der Waals surface area (Å²) in [5.41, 5.74) is 2.08. The van der Waals surface area contributed by atoms with E-state index < -0.39 is 18.4 Å². The number of rotatable bonds is 12. The Labute approximate surface area is 242 Å². The molecule has 4 rings (SSSR count). The fraction of sp³-hybridized carbons (Fsp3) is 0.464. The maximum atomic E-state index is 15.4. The molecule has 0 radical (unpaired) electrons. The monoisotopic (exact) mass is 623 g/mol. The van der Waals surface area contributed by atoms with Crippen LogP contribution in [0.15, 0.2) is 18.2 Å². The summed E-state index contributed by atoms with van der Waals surface area (Å²) in [4.78, 5) is 27.7. The Kier molecular flexibility index (Phi) is 10.4. The highest BCUT2D eigenvalue weighted by Crippen LogP contribution is 2.39. The average Bonchev–Trinajstić information content (AvgIpc) is 3.49. The number of aryl methyl sites for hydroxylation is 1. The van der Waals surface area contributed by atoms with Gasteiger partial charge in [-0.2, -0.15) is 0 Å². The highest BCUT2D eigenvalue weighted by molar-refractivity contribution is 8.93. The molecule has 0 amide bonds. The molecule has 2 aliphatic heterocycles. The first-order valence-electron chi connectivity index (χ1n) is 13.1. The molecular weight excluding hydrogens is 589 g/mol. The molecule has 1 saturated heterocycles. The number of phenolic OH excluding ortho intramolecular Hbond substituents is 1. The maximum Gasteiger partial charge on any atom is 0.329 e. The van der Waals surface area contributed by atoms with E-state index in [1.165, 1.54) is 4.90 Å². The first kappa shape index (κ1) is 31.2. The number of phenols is 1. The standard InChI is InChI=1S/C28H34FN3O7.BrH/c1-4-16-9-17(10-20(26(16)36)31-8-7-19(13-31)39-15-23(34)35)21(33)14-32-12-18-11-22(37-5-2)27(38-6-3)25(29)24(18)28(32)30;/h9-11,19,30,36H,4-8,12-15H2,1-3H3,(H,34,35);1H. The number of hydrogen-bond donors (Lipinski definition) is 3. The van der Waals surface area contributed by atoms with Crippen LogP contribution >= 0.6 is 17.0 Å². The molecule has 0 aliphatic carbocycles. The molecule has 1 atom stereocenters. The lowest BCUT2D eigenvalue weighted by Crippen LogP contribution is -2.31. The number of halogens is 2. The highest BCUT2D eigenvalue weighted by Gasteiger charge is 2.34. The molecule has 1 unspecified atom stereocenters. The van der Waals surface area contributed by atoms with Crippen molar-refractivity contribution in [2.75, 3.05) is 44.4 Å². The number of amidine groups is 1. The van der Waals surface area contributed by atoms with Gasteiger partial charge in [0.1, 0.15) is 18.2 Å². The molecule has 40 heavy (non-hydrogen) atoms. The molecule has 0 saturated carbocycles. The number of carbonyl (C=O) groups excluding carboxylic acids is 1. The van der Waals surface area contributed by atoms with Crippen LogP contribution in [-0.4, -0.2) is 78.3 Å². The van der Waals surface area contributed by atoms with Crippen LogP contribution in [0.4, 0.5) is 10.1 Å². The minimum Gasteiger partial charge on any atom is -0.505 e. The molecule has 2 aliphatic rings. The van der Waals surface area contributed by atoms with Crippen molar-refractivity contribution in [3.63, 3.8) is 0 Å². The summed E-state index contributed by atoms with van der Waals surface area (Å²) in [5, 5.41) is 28.4. The number of ketones is 1. The first-order valence-corrected chi connectivity index (χ1v) is 13.1. The maximum absolute atomic E-state index is 15.4. The van der Waals surface area contributed by atoms with Gasteiger partial charge in [0, 0.05) is 25.2 Å². The van der Waals surface area contributed by atoms with Crippen molar-refractivity contribution in [1.82, 2.24) is 4.90 Å². The molecule has 0 spiro atoms. The van der Waals surface area contributed by atoms with Crippen molar-refractivity contribution in [3.8, 4) is 17.2 Å². The number of carboxylic acid groups (broad SMARTS) is 1. The van der Waals surface area contributed by atoms with Crippen LogP contribution in [0.2, 0.25) is 0 Å². The van der Waals surface area contributed by atoms with Crippen LogP contribution in [0.5, 0.6) is 17.2 Å². The normalized spacial score (nSPS) is 16.1. The number of nitrogens with zero attached hydrogens (tertiary/aromatic N) is 2. The molecule has 3 N–H and O–H groups in total. The first-order chi connectivity index (χ1) is 18.7. The third kappa shape index (κ3) is 6.33. The van der Waals surface area contributed by atoms with E-state index in [9.17, 15) is 14.7 Å². The number of carboxylic acids is 1. The number of hydrogen-bond acceptors (Lipinski definition) is 8. The van der Waals surface area contributed by atoms with Gasteiger partial charge in [-0.1, -0.05) is 6.92 Å². The number of aromatic hydroxyl groups is 1. The van der Waals surface area contributed by atoms with Crippen LogP contribution in [-0.2, 0) is 22.5 Å². The molecule has 2 aromatic carbocycles. The lowest BCUT2D eigenvalue weighted by Gasteiger charge is -2.23. The minimum absolute atomic E-state index is 0. The number of aliphatic carboxylic acids is 1. The second-order valence-electron chi connectivity index (χ2n) is 9.46. The molecule has 218 valence electrons. The van der Waals surface area contributed by atoms with Gasteiger partial charge in [0.15, 0.2) is 23.1 Å². The summed E-state index contributed by atoms with van der Waals surface area (Å²) in [6.07, 6.45) is 0.782. The van der Waals surface area contributed by atoms with Gasteiger partial charge >= 0.3 is 5.97 Å². The van der Waals surface area contributed by atoms with Crippen molar-refractivity contribution < 1.29 is 38.4 Å². The number of Topliss-reactive ketones (excluding diaryl/α,β-unsaturated/α-hetero) is 1. The average molecular weight is 625 g/mol. The summed E-state index contributed by atoms with van der Waals surface area (Å²) in [5.74, 6) is -1.80. The zero-order chi connectivity index (χ0) is 28.3. The number of anilines is 1. The topological polar surface area (TPSA) is 133 Å². The van der Waals surface area contributed by atoms with Gasteiger partial charge in [0.25, 0.3) is 0 Å². The smallest absolute Gasteiger partial charge is 0.329 e. The van der Waals surface area contributed by atoms with Gasteiger partial charge in [-0.25, -0.2) is 9.18 Å². The summed E-state index contributed by atoms with van der Waals surface area (Å²) >= 11 is 0. The number of carbonyl (C=O) groups is 2. The minimum atomic E-state index is -1.05. The zero-order valence-electron chi connectivity index (χ0n) is 22.8. The summed E-state index contributed by atoms with van der Waals surface area (Å²) in [6, 6.07) is 4.92. The van der Waals surface area contributed by atoms with Crippen LogP contribution in [0.1, 0.15) is 54.2 Å². The van der Waals surface area contributed by atoms with E-state index >= 15 is 4.39 Å². The quantitative estimate of drug-likeness (QED) is 0.298. The van der Waals surface area contributed by atoms with E-state index in [0.717, 1.165) is 0 Å². The SMILES string of the molecule is Br.CCOc1cc2c(c(F)c1OCC)C(=N)N(CC(=O)c1cc(CC)c(O)c(N3CCC(OCC(=O)O)C3)c1)C2. The predicted molar refractivity (Wildman–Crippen MR) is 152 cm³/mol. The molecule has 2 heterocycles. The van der Waals surface area contributed by atoms with Gasteiger partial charge in [0.2, 0.25) is 0 Å². The van der Waals surface area contributed by atoms with E-state index in [1.807, 2.05) is 11.8 Å². The molecular formula is C28H35BrFN3O7. The third-order valence-electron chi connectivity index (χ3n) is 6.91. The highest BCUT2D eigenvalue weighted by atomic mass is 79.9.